The number of aliphatic hydroxyl groups excluding tert-OH is 1. The third-order valence-electron chi connectivity index (χ3n) is 4.86. The summed E-state index contributed by atoms with van der Waals surface area (Å²) in [5.74, 6) is 1.45. The number of hydrogen-bond donors (Lipinski definition) is 3. The van der Waals surface area contributed by atoms with Crippen molar-refractivity contribution in [3.8, 4) is 11.3 Å². The van der Waals surface area contributed by atoms with Crippen LogP contribution in [0.25, 0.3) is 11.3 Å². The summed E-state index contributed by atoms with van der Waals surface area (Å²) in [7, 11) is 0. The molecule has 29 heavy (non-hydrogen) atoms. The van der Waals surface area contributed by atoms with Crippen LogP contribution in [0.1, 0.15) is 25.0 Å². The number of anilines is 3. The van der Waals surface area contributed by atoms with Crippen molar-refractivity contribution in [1.29, 1.82) is 0 Å². The van der Waals surface area contributed by atoms with Gasteiger partial charge in [-0.2, -0.15) is 4.98 Å². The Morgan fingerprint density at radius 2 is 1.66 bits per heavy atom. The van der Waals surface area contributed by atoms with Crippen molar-refractivity contribution in [3.63, 3.8) is 0 Å². The smallest absolute Gasteiger partial charge is 0.225 e. The predicted molar refractivity (Wildman–Crippen MR) is 124 cm³/mol. The number of aromatic nitrogens is 2. The largest absolute Gasteiger partial charge is 0.394 e. The molecule has 1 atom stereocenters. The number of rotatable bonds is 7. The normalized spacial score (nSPS) is 12.1. The van der Waals surface area contributed by atoms with Crippen molar-refractivity contribution in [2.24, 2.45) is 5.92 Å². The number of halogens is 1. The van der Waals surface area contributed by atoms with Crippen LogP contribution in [0, 0.1) is 19.8 Å². The van der Waals surface area contributed by atoms with E-state index in [0.717, 1.165) is 32.5 Å². The summed E-state index contributed by atoms with van der Waals surface area (Å²) in [6.07, 6.45) is 0. The first kappa shape index (κ1) is 21.3. The Morgan fingerprint density at radius 1 is 1.00 bits per heavy atom. The number of nitrogens with one attached hydrogen (secondary N) is 2. The van der Waals surface area contributed by atoms with E-state index in [2.05, 4.69) is 71.4 Å². The first-order chi connectivity index (χ1) is 13.9. The molecule has 0 radical (unpaired) electrons. The summed E-state index contributed by atoms with van der Waals surface area (Å²) in [6, 6.07) is 16.0. The summed E-state index contributed by atoms with van der Waals surface area (Å²) >= 11 is 3.55. The Morgan fingerprint density at radius 3 is 2.24 bits per heavy atom. The van der Waals surface area contributed by atoms with E-state index in [1.165, 1.54) is 0 Å². The van der Waals surface area contributed by atoms with E-state index >= 15 is 0 Å². The Balaban J connectivity index is 2.03. The van der Waals surface area contributed by atoms with Crippen LogP contribution in [0.15, 0.2) is 53.0 Å². The van der Waals surface area contributed by atoms with Gasteiger partial charge >= 0.3 is 0 Å². The fraction of sp³-hybridized carbons (Fsp3) is 0.304. The number of aliphatic hydroxyl groups is 1. The summed E-state index contributed by atoms with van der Waals surface area (Å²) in [5, 5.41) is 16.5. The summed E-state index contributed by atoms with van der Waals surface area (Å²) in [4.78, 5) is 9.37. The molecule has 1 heterocycles. The van der Waals surface area contributed by atoms with Gasteiger partial charge in [-0.15, -0.1) is 0 Å². The van der Waals surface area contributed by atoms with Gasteiger partial charge in [0.05, 0.1) is 18.3 Å². The molecule has 0 bridgehead atoms. The van der Waals surface area contributed by atoms with Crippen molar-refractivity contribution >= 4 is 33.4 Å². The van der Waals surface area contributed by atoms with Gasteiger partial charge in [-0.25, -0.2) is 4.98 Å². The van der Waals surface area contributed by atoms with Crippen molar-refractivity contribution in [1.82, 2.24) is 9.97 Å². The third kappa shape index (κ3) is 5.34. The minimum absolute atomic E-state index is 0.0181. The lowest BCUT2D eigenvalue weighted by Crippen LogP contribution is -2.30. The molecule has 0 aliphatic heterocycles. The lowest BCUT2D eigenvalue weighted by atomic mass is 10.1. The molecule has 0 spiro atoms. The highest BCUT2D eigenvalue weighted by molar-refractivity contribution is 9.10. The molecule has 3 aromatic rings. The highest BCUT2D eigenvalue weighted by Crippen LogP contribution is 2.29. The van der Waals surface area contributed by atoms with E-state index in [0.29, 0.717) is 11.8 Å². The Labute approximate surface area is 180 Å². The molecule has 0 amide bonds. The van der Waals surface area contributed by atoms with Gasteiger partial charge in [-0.05, 0) is 43.0 Å². The fourth-order valence-electron chi connectivity index (χ4n) is 3.16. The molecular weight excluding hydrogens is 428 g/mol. The van der Waals surface area contributed by atoms with E-state index in [4.69, 9.17) is 4.98 Å². The molecule has 0 fully saturated rings. The SMILES string of the molecule is Cc1cc(Br)cc(C)c1Nc1cc(-c2ccccc2)nc(N[C@H](CO)C(C)C)n1. The zero-order chi connectivity index (χ0) is 21.0. The van der Waals surface area contributed by atoms with Gasteiger partial charge in [0.15, 0.2) is 0 Å². The molecule has 0 aliphatic rings. The topological polar surface area (TPSA) is 70.1 Å². The maximum absolute atomic E-state index is 9.71. The van der Waals surface area contributed by atoms with Crippen molar-refractivity contribution in [3.05, 3.63) is 64.1 Å². The van der Waals surface area contributed by atoms with Crippen LogP contribution in [-0.2, 0) is 0 Å². The number of nitrogens with zero attached hydrogens (tertiary/aromatic N) is 2. The second kappa shape index (κ2) is 9.37. The summed E-state index contributed by atoms with van der Waals surface area (Å²) in [5.41, 5.74) is 5.11. The predicted octanol–water partition coefficient (Wildman–Crippen LogP) is 5.70. The van der Waals surface area contributed by atoms with E-state index < -0.39 is 0 Å². The maximum atomic E-state index is 9.71. The van der Waals surface area contributed by atoms with Gasteiger partial charge in [0.25, 0.3) is 0 Å². The molecule has 0 saturated carbocycles. The summed E-state index contributed by atoms with van der Waals surface area (Å²) in [6.45, 7) is 8.27. The second-order valence-corrected chi connectivity index (χ2v) is 8.46. The zero-order valence-electron chi connectivity index (χ0n) is 17.2. The highest BCUT2D eigenvalue weighted by atomic mass is 79.9. The van der Waals surface area contributed by atoms with E-state index in [-0.39, 0.29) is 18.6 Å². The quantitative estimate of drug-likeness (QED) is 0.427. The highest BCUT2D eigenvalue weighted by Gasteiger charge is 2.15. The molecule has 0 aliphatic carbocycles. The van der Waals surface area contributed by atoms with Gasteiger partial charge in [-0.3, -0.25) is 0 Å². The van der Waals surface area contributed by atoms with Gasteiger partial charge in [-0.1, -0.05) is 60.1 Å². The average Bonchev–Trinajstić information content (AvgIpc) is 2.69. The van der Waals surface area contributed by atoms with Crippen LogP contribution in [0.4, 0.5) is 17.5 Å². The first-order valence-corrected chi connectivity index (χ1v) is 10.5. The van der Waals surface area contributed by atoms with Crippen molar-refractivity contribution in [2.75, 3.05) is 17.2 Å². The molecule has 3 rings (SSSR count). The standard InChI is InChI=1S/C23H27BrN4O/c1-14(2)20(13-29)26-23-25-19(17-8-6-5-7-9-17)12-21(28-23)27-22-15(3)10-18(24)11-16(22)4/h5-12,14,20,29H,13H2,1-4H3,(H2,25,26,27,28)/t20-/m1/s1. The number of aryl methyl sites for hydroxylation is 2. The fourth-order valence-corrected chi connectivity index (χ4v) is 3.84. The molecular formula is C23H27BrN4O. The molecule has 152 valence electrons. The van der Waals surface area contributed by atoms with Crippen LogP contribution in [-0.4, -0.2) is 27.7 Å². The van der Waals surface area contributed by atoms with Gasteiger partial charge in [0, 0.05) is 21.8 Å². The second-order valence-electron chi connectivity index (χ2n) is 7.55. The Hall–Kier alpha value is -2.44. The third-order valence-corrected chi connectivity index (χ3v) is 5.32. The molecule has 2 aromatic carbocycles. The number of hydrogen-bond acceptors (Lipinski definition) is 5. The molecule has 0 saturated heterocycles. The maximum Gasteiger partial charge on any atom is 0.225 e. The first-order valence-electron chi connectivity index (χ1n) is 9.73. The van der Waals surface area contributed by atoms with E-state index in [1.54, 1.807) is 0 Å². The zero-order valence-corrected chi connectivity index (χ0v) is 18.8. The van der Waals surface area contributed by atoms with Crippen LogP contribution in [0.2, 0.25) is 0 Å². The van der Waals surface area contributed by atoms with E-state index in [1.807, 2.05) is 36.4 Å². The van der Waals surface area contributed by atoms with Crippen molar-refractivity contribution < 1.29 is 5.11 Å². The molecule has 6 heteroatoms. The Kier molecular flexibility index (Phi) is 6.87. The van der Waals surface area contributed by atoms with Crippen LogP contribution in [0.5, 0.6) is 0 Å². The molecule has 1 aromatic heterocycles. The van der Waals surface area contributed by atoms with Crippen molar-refractivity contribution in [2.45, 2.75) is 33.7 Å². The summed E-state index contributed by atoms with van der Waals surface area (Å²) < 4.78 is 1.05. The molecule has 5 nitrogen and oxygen atoms in total. The lowest BCUT2D eigenvalue weighted by Gasteiger charge is -2.21. The van der Waals surface area contributed by atoms with Gasteiger partial charge < -0.3 is 15.7 Å². The van der Waals surface area contributed by atoms with Crippen LogP contribution >= 0.6 is 15.9 Å². The van der Waals surface area contributed by atoms with Crippen LogP contribution < -0.4 is 10.6 Å². The average molecular weight is 455 g/mol. The minimum atomic E-state index is -0.120. The van der Waals surface area contributed by atoms with Crippen LogP contribution in [0.3, 0.4) is 0 Å². The van der Waals surface area contributed by atoms with Gasteiger partial charge in [0.1, 0.15) is 5.82 Å². The monoisotopic (exact) mass is 454 g/mol. The lowest BCUT2D eigenvalue weighted by molar-refractivity contribution is 0.248. The molecule has 0 unspecified atom stereocenters. The molecule has 3 N–H and O–H groups in total. The minimum Gasteiger partial charge on any atom is -0.394 e. The Bertz CT molecular complexity index is 953. The van der Waals surface area contributed by atoms with E-state index in [9.17, 15) is 5.11 Å². The number of benzene rings is 2. The van der Waals surface area contributed by atoms with Gasteiger partial charge in [0.2, 0.25) is 5.95 Å².